The first-order valence-corrected chi connectivity index (χ1v) is 20.8. The van der Waals surface area contributed by atoms with Gasteiger partial charge in [-0.2, -0.15) is 0 Å². The van der Waals surface area contributed by atoms with Crippen LogP contribution in [0.1, 0.15) is 55.8 Å². The van der Waals surface area contributed by atoms with Crippen molar-refractivity contribution < 1.29 is 29.3 Å². The number of phenols is 1. The zero-order valence-electron chi connectivity index (χ0n) is 33.9. The van der Waals surface area contributed by atoms with E-state index < -0.39 is 12.2 Å². The van der Waals surface area contributed by atoms with Gasteiger partial charge < -0.3 is 40.4 Å². The summed E-state index contributed by atoms with van der Waals surface area (Å²) >= 11 is 0. The van der Waals surface area contributed by atoms with Gasteiger partial charge in [-0.25, -0.2) is 4.79 Å². The highest BCUT2D eigenvalue weighted by atomic mass is 16.6. The average molecular weight is 815 g/mol. The third-order valence-electron chi connectivity index (χ3n) is 11.7. The predicted octanol–water partition coefficient (Wildman–Crippen LogP) is 6.64. The molecule has 314 valence electrons. The molecule has 0 radical (unpaired) electrons. The number of fused-ring (bicyclic) bond motifs is 2. The van der Waals surface area contributed by atoms with Crippen LogP contribution in [-0.2, 0) is 20.9 Å². The van der Waals surface area contributed by atoms with E-state index in [0.29, 0.717) is 72.9 Å². The van der Waals surface area contributed by atoms with Gasteiger partial charge in [0.1, 0.15) is 11.9 Å². The van der Waals surface area contributed by atoms with Crippen molar-refractivity contribution in [2.75, 3.05) is 50.4 Å². The van der Waals surface area contributed by atoms with Gasteiger partial charge in [-0.1, -0.05) is 66.7 Å². The van der Waals surface area contributed by atoms with Crippen molar-refractivity contribution in [1.29, 1.82) is 0 Å². The van der Waals surface area contributed by atoms with Gasteiger partial charge >= 0.3 is 6.09 Å². The molecule has 4 atom stereocenters. The first kappa shape index (κ1) is 42.1. The van der Waals surface area contributed by atoms with Gasteiger partial charge in [0.15, 0.2) is 0 Å². The monoisotopic (exact) mass is 814 g/mol. The van der Waals surface area contributed by atoms with Crippen LogP contribution in [0.15, 0.2) is 108 Å². The smallest absolute Gasteiger partial charge is 0.411 e. The van der Waals surface area contributed by atoms with Crippen molar-refractivity contribution in [2.45, 2.75) is 57.3 Å². The number of aromatic hydroxyl groups is 1. The van der Waals surface area contributed by atoms with Crippen molar-refractivity contribution in [3.63, 3.8) is 0 Å². The third-order valence-corrected chi connectivity index (χ3v) is 11.7. The van der Waals surface area contributed by atoms with E-state index in [2.05, 4.69) is 25.8 Å². The largest absolute Gasteiger partial charge is 0.506 e. The number of H-pyrrole nitrogens is 1. The van der Waals surface area contributed by atoms with E-state index in [0.717, 1.165) is 54.7 Å². The fraction of sp³-hybridized carbons (Fsp3) is 0.362. The second-order valence-electron chi connectivity index (χ2n) is 16.0. The molecule has 2 aliphatic rings. The summed E-state index contributed by atoms with van der Waals surface area (Å²) < 4.78 is 5.87. The van der Waals surface area contributed by atoms with E-state index in [-0.39, 0.29) is 35.8 Å². The maximum atomic E-state index is 12.9. The Morgan fingerprint density at radius 1 is 0.867 bits per heavy atom. The molecule has 1 aliphatic carbocycles. The molecule has 4 aromatic carbocycles. The Morgan fingerprint density at radius 3 is 2.37 bits per heavy atom. The van der Waals surface area contributed by atoms with E-state index in [1.165, 1.54) is 12.1 Å². The molecule has 13 heteroatoms. The first-order valence-electron chi connectivity index (χ1n) is 20.8. The second-order valence-corrected chi connectivity index (χ2v) is 16.0. The van der Waals surface area contributed by atoms with Crippen LogP contribution in [0.5, 0.6) is 5.75 Å². The summed E-state index contributed by atoms with van der Waals surface area (Å²) in [7, 11) is 1.82. The number of unbranched alkanes of at least 4 members (excludes halogenated alkanes) is 1. The fourth-order valence-corrected chi connectivity index (χ4v) is 8.52. The van der Waals surface area contributed by atoms with Crippen LogP contribution in [-0.4, -0.2) is 88.8 Å². The number of carbonyl (C=O) groups is 3. The normalized spacial score (nSPS) is 17.9. The Kier molecular flexibility index (Phi) is 13.9. The van der Waals surface area contributed by atoms with E-state index in [1.807, 2.05) is 85.9 Å². The summed E-state index contributed by atoms with van der Waals surface area (Å²) in [6, 6.07) is 31.2. The third kappa shape index (κ3) is 11.0. The van der Waals surface area contributed by atoms with Crippen molar-refractivity contribution in [3.05, 3.63) is 125 Å². The molecule has 6 N–H and O–H groups in total. The molecule has 5 aromatic rings. The number of aliphatic hydroxyl groups is 1. The number of carbonyl (C=O) groups excluding carboxylic acids is 3. The SMILES string of the molecule is CN(CCCCC(=O)Nc1ccc(CNC[C@H](O)c2ccc(O)c3[nH]c(=O)ccc23)cc1)C(=O)CCN1CC2CC(OC(=O)Nc3ccccc3-c3ccccc3)C[C@H]2C1. The topological polar surface area (TPSA) is 176 Å². The molecule has 1 aliphatic heterocycles. The Bertz CT molecular complexity index is 2300. The molecule has 13 nitrogen and oxygen atoms in total. The average Bonchev–Trinajstić information content (AvgIpc) is 3.81. The molecular formula is C47H54N6O7. The summed E-state index contributed by atoms with van der Waals surface area (Å²) in [6.45, 7) is 3.86. The maximum Gasteiger partial charge on any atom is 0.411 e. The van der Waals surface area contributed by atoms with Crippen LogP contribution >= 0.6 is 0 Å². The van der Waals surface area contributed by atoms with E-state index in [1.54, 1.807) is 17.0 Å². The predicted molar refractivity (Wildman–Crippen MR) is 233 cm³/mol. The highest BCUT2D eigenvalue weighted by Gasteiger charge is 2.42. The quantitative estimate of drug-likeness (QED) is 0.0562. The number of rotatable bonds is 17. The summed E-state index contributed by atoms with van der Waals surface area (Å²) in [4.78, 5) is 56.9. The molecule has 2 fully saturated rings. The molecular weight excluding hydrogens is 761 g/mol. The summed E-state index contributed by atoms with van der Waals surface area (Å²) in [5, 5.41) is 30.6. The number of para-hydroxylation sites is 1. The Balaban J connectivity index is 0.738. The van der Waals surface area contributed by atoms with Gasteiger partial charge in [0.2, 0.25) is 17.4 Å². The van der Waals surface area contributed by atoms with Crippen molar-refractivity contribution >= 4 is 40.2 Å². The molecule has 3 amide bonds. The number of pyridine rings is 1. The minimum Gasteiger partial charge on any atom is -0.506 e. The molecule has 0 bridgehead atoms. The van der Waals surface area contributed by atoms with Crippen LogP contribution in [0.25, 0.3) is 22.0 Å². The van der Waals surface area contributed by atoms with Gasteiger partial charge in [0.25, 0.3) is 0 Å². The molecule has 7 rings (SSSR count). The first-order chi connectivity index (χ1) is 29.1. The number of aliphatic hydroxyl groups excluding tert-OH is 1. The van der Waals surface area contributed by atoms with Crippen LogP contribution in [0, 0.1) is 11.8 Å². The molecule has 2 heterocycles. The lowest BCUT2D eigenvalue weighted by molar-refractivity contribution is -0.130. The van der Waals surface area contributed by atoms with Crippen LogP contribution in [0.3, 0.4) is 0 Å². The summed E-state index contributed by atoms with van der Waals surface area (Å²) in [5.74, 6) is 0.867. The molecule has 0 spiro atoms. The highest BCUT2D eigenvalue weighted by molar-refractivity contribution is 5.92. The number of hydrogen-bond donors (Lipinski definition) is 6. The van der Waals surface area contributed by atoms with Gasteiger partial charge in [0, 0.05) is 81.9 Å². The fourth-order valence-electron chi connectivity index (χ4n) is 8.52. The number of nitrogens with zero attached hydrogens (tertiary/aromatic N) is 2. The second kappa shape index (κ2) is 19.8. The van der Waals surface area contributed by atoms with Crippen molar-refractivity contribution in [1.82, 2.24) is 20.1 Å². The van der Waals surface area contributed by atoms with Gasteiger partial charge in [-0.05, 0) is 84.5 Å². The van der Waals surface area contributed by atoms with E-state index >= 15 is 0 Å². The number of hydrogen-bond acceptors (Lipinski definition) is 9. The van der Waals surface area contributed by atoms with Crippen molar-refractivity contribution in [2.24, 2.45) is 11.8 Å². The summed E-state index contributed by atoms with van der Waals surface area (Å²) in [6.07, 6.45) is 2.46. The minimum absolute atomic E-state index is 0.0552. The molecule has 1 saturated heterocycles. The number of aromatic nitrogens is 1. The van der Waals surface area contributed by atoms with Gasteiger partial charge in [-0.15, -0.1) is 0 Å². The van der Waals surface area contributed by atoms with Crippen LogP contribution in [0.4, 0.5) is 16.2 Å². The zero-order chi connectivity index (χ0) is 42.0. The number of benzene rings is 4. The zero-order valence-corrected chi connectivity index (χ0v) is 33.9. The van der Waals surface area contributed by atoms with E-state index in [9.17, 15) is 29.4 Å². The van der Waals surface area contributed by atoms with Crippen molar-refractivity contribution in [3.8, 4) is 16.9 Å². The number of amides is 3. The number of ether oxygens (including phenoxy) is 1. The molecule has 60 heavy (non-hydrogen) atoms. The van der Waals surface area contributed by atoms with Crippen LogP contribution in [0.2, 0.25) is 0 Å². The highest BCUT2D eigenvalue weighted by Crippen LogP contribution is 2.40. The summed E-state index contributed by atoms with van der Waals surface area (Å²) in [5.41, 5.74) is 4.93. The number of anilines is 2. The molecule has 1 aromatic heterocycles. The van der Waals surface area contributed by atoms with E-state index in [4.69, 9.17) is 4.74 Å². The number of likely N-dealkylation sites (tertiary alicyclic amines) is 1. The van der Waals surface area contributed by atoms with Gasteiger partial charge in [-0.3, -0.25) is 19.7 Å². The lowest BCUT2D eigenvalue weighted by Gasteiger charge is -2.21. The lowest BCUT2D eigenvalue weighted by atomic mass is 10.0. The Morgan fingerprint density at radius 2 is 1.60 bits per heavy atom. The number of nitrogens with one attached hydrogen (secondary N) is 4. The molecule has 1 saturated carbocycles. The Labute approximate surface area is 349 Å². The number of phenolic OH excluding ortho intramolecular Hbond substituents is 1. The maximum absolute atomic E-state index is 12.9. The van der Waals surface area contributed by atoms with Gasteiger partial charge in [0.05, 0.1) is 17.3 Å². The van der Waals surface area contributed by atoms with Crippen LogP contribution < -0.4 is 21.5 Å². The standard InChI is InChI=1S/C47H54N6O7/c1-52(45(58)22-24-53-29-33-25-36(26-34(33)30-53)60-47(59)50-40-12-6-5-11-37(40)32-9-3-2-4-10-32)23-8-7-13-43(56)49-35-16-14-31(15-17-35)27-48-28-42(55)38-18-20-41(54)46-39(38)19-21-44(57)51-46/h2-6,9-12,14-21,33-34,36,42,48,54-55H,7-8,13,22-30H2,1H3,(H,49,56)(H,50,59)(H,51,57)/t33-,34?,36?,42-/m0/s1. The number of aromatic amines is 1. The minimum atomic E-state index is -0.860. The Hall–Kier alpha value is -6.02. The molecule has 2 unspecified atom stereocenters. The lowest BCUT2D eigenvalue weighted by Crippen LogP contribution is -2.33.